The quantitative estimate of drug-likeness (QED) is 0.571. The van der Waals surface area contributed by atoms with Crippen molar-refractivity contribution in [3.05, 3.63) is 43.7 Å². The minimum absolute atomic E-state index is 0.0342. The number of carbonyl (C=O) groups is 3. The van der Waals surface area contributed by atoms with Gasteiger partial charge in [0.25, 0.3) is 5.91 Å². The lowest BCUT2D eigenvalue weighted by Gasteiger charge is -2.05. The van der Waals surface area contributed by atoms with Crippen molar-refractivity contribution >= 4 is 51.9 Å². The third-order valence-corrected chi connectivity index (χ3v) is 4.96. The fourth-order valence-corrected chi connectivity index (χ4v) is 3.33. The van der Waals surface area contributed by atoms with Crippen molar-refractivity contribution in [2.75, 3.05) is 6.61 Å². The zero-order valence-corrected chi connectivity index (χ0v) is 14.4. The van der Waals surface area contributed by atoms with Crippen LogP contribution in [0.25, 0.3) is 0 Å². The van der Waals surface area contributed by atoms with Gasteiger partial charge in [-0.25, -0.2) is 0 Å². The van der Waals surface area contributed by atoms with Gasteiger partial charge >= 0.3 is 5.97 Å². The number of halogens is 1. The van der Waals surface area contributed by atoms with Gasteiger partial charge in [0.05, 0.1) is 22.2 Å². The first-order chi connectivity index (χ1) is 11.0. The maximum absolute atomic E-state index is 11.8. The van der Waals surface area contributed by atoms with E-state index in [4.69, 9.17) is 16.3 Å². The lowest BCUT2D eigenvalue weighted by atomic mass is 10.2. The van der Waals surface area contributed by atoms with Crippen molar-refractivity contribution in [1.29, 1.82) is 0 Å². The molecule has 122 valence electrons. The van der Waals surface area contributed by atoms with Crippen LogP contribution in [0, 0.1) is 0 Å². The van der Waals surface area contributed by atoms with E-state index in [0.717, 1.165) is 4.88 Å². The minimum atomic E-state index is -0.577. The molecule has 0 bridgehead atoms. The van der Waals surface area contributed by atoms with Crippen LogP contribution in [0.15, 0.2) is 29.6 Å². The highest BCUT2D eigenvalue weighted by Crippen LogP contribution is 2.22. The van der Waals surface area contributed by atoms with Gasteiger partial charge in [-0.15, -0.1) is 22.7 Å². The molecule has 0 unspecified atom stereocenters. The maximum atomic E-state index is 11.8. The van der Waals surface area contributed by atoms with Crippen molar-refractivity contribution in [2.24, 2.45) is 0 Å². The van der Waals surface area contributed by atoms with Crippen LogP contribution in [0.3, 0.4) is 0 Å². The molecule has 0 radical (unpaired) electrons. The van der Waals surface area contributed by atoms with E-state index in [0.29, 0.717) is 15.8 Å². The van der Waals surface area contributed by atoms with Crippen LogP contribution in [-0.4, -0.2) is 24.3 Å². The molecule has 23 heavy (non-hydrogen) atoms. The van der Waals surface area contributed by atoms with E-state index < -0.39 is 5.97 Å². The van der Waals surface area contributed by atoms with E-state index >= 15 is 0 Å². The first-order valence-electron chi connectivity index (χ1n) is 6.78. The van der Waals surface area contributed by atoms with Crippen molar-refractivity contribution in [1.82, 2.24) is 5.32 Å². The van der Waals surface area contributed by atoms with Gasteiger partial charge in [-0.3, -0.25) is 14.4 Å². The molecule has 0 atom stereocenters. The third kappa shape index (κ3) is 6.13. The second kappa shape index (κ2) is 8.81. The molecule has 2 rings (SSSR count). The molecular formula is C15H14ClNO4S2. The van der Waals surface area contributed by atoms with Gasteiger partial charge in [-0.05, 0) is 23.6 Å². The largest absolute Gasteiger partial charge is 0.456 e. The fraction of sp³-hybridized carbons (Fsp3) is 0.267. The molecule has 0 aromatic carbocycles. The summed E-state index contributed by atoms with van der Waals surface area (Å²) in [5.41, 5.74) is 0. The predicted octanol–water partition coefficient (Wildman–Crippen LogP) is 3.29. The molecule has 2 aromatic rings. The normalized spacial score (nSPS) is 10.3. The first-order valence-corrected chi connectivity index (χ1v) is 8.85. The lowest BCUT2D eigenvalue weighted by molar-refractivity contribution is -0.148. The Morgan fingerprint density at radius 1 is 1.17 bits per heavy atom. The molecule has 0 saturated carbocycles. The number of amides is 1. The molecule has 2 aromatic heterocycles. The van der Waals surface area contributed by atoms with E-state index in [1.54, 1.807) is 12.1 Å². The molecule has 0 fully saturated rings. The third-order valence-electron chi connectivity index (χ3n) is 2.81. The summed E-state index contributed by atoms with van der Waals surface area (Å²) < 4.78 is 5.37. The Labute approximate surface area is 146 Å². The summed E-state index contributed by atoms with van der Waals surface area (Å²) in [5, 5.41) is 4.56. The molecule has 0 aliphatic carbocycles. The van der Waals surface area contributed by atoms with Crippen LogP contribution < -0.4 is 5.32 Å². The van der Waals surface area contributed by atoms with Crippen LogP contribution in [0.5, 0.6) is 0 Å². The number of carbonyl (C=O) groups excluding carboxylic acids is 3. The van der Waals surface area contributed by atoms with E-state index in [1.807, 2.05) is 17.5 Å². The summed E-state index contributed by atoms with van der Waals surface area (Å²) in [4.78, 5) is 36.4. The molecule has 2 heterocycles. The second-order valence-corrected chi connectivity index (χ2v) is 7.29. The monoisotopic (exact) mass is 371 g/mol. The average Bonchev–Trinajstić information content (AvgIpc) is 3.19. The van der Waals surface area contributed by atoms with Crippen LogP contribution >= 0.6 is 34.3 Å². The van der Waals surface area contributed by atoms with Gasteiger partial charge in [0.1, 0.15) is 0 Å². The Balaban J connectivity index is 1.62. The minimum Gasteiger partial charge on any atom is -0.456 e. The van der Waals surface area contributed by atoms with Crippen LogP contribution in [0.1, 0.15) is 27.4 Å². The highest BCUT2D eigenvalue weighted by Gasteiger charge is 2.13. The van der Waals surface area contributed by atoms with Gasteiger partial charge in [-0.2, -0.15) is 0 Å². The molecule has 0 spiro atoms. The smallest absolute Gasteiger partial charge is 0.306 e. The molecule has 0 aliphatic heterocycles. The van der Waals surface area contributed by atoms with Crippen molar-refractivity contribution in [2.45, 2.75) is 19.4 Å². The Kier molecular flexibility index (Phi) is 6.76. The zero-order valence-electron chi connectivity index (χ0n) is 12.0. The van der Waals surface area contributed by atoms with Gasteiger partial charge in [0.2, 0.25) is 0 Å². The molecule has 8 heteroatoms. The molecular weight excluding hydrogens is 358 g/mol. The maximum Gasteiger partial charge on any atom is 0.306 e. The van der Waals surface area contributed by atoms with Crippen LogP contribution in [-0.2, 0) is 20.9 Å². The average molecular weight is 372 g/mol. The Hall–Kier alpha value is -1.70. The SMILES string of the molecule is O=C(COC(=O)CCC(=O)c1ccc(Cl)s1)NCc1cccs1. The van der Waals surface area contributed by atoms with E-state index in [-0.39, 0.29) is 31.1 Å². The molecule has 5 nitrogen and oxygen atoms in total. The van der Waals surface area contributed by atoms with Gasteiger partial charge < -0.3 is 10.1 Å². The number of thiophene rings is 2. The highest BCUT2D eigenvalue weighted by molar-refractivity contribution is 7.18. The Morgan fingerprint density at radius 2 is 2.00 bits per heavy atom. The Bertz CT molecular complexity index is 681. The molecule has 0 aliphatic rings. The van der Waals surface area contributed by atoms with E-state index in [1.165, 1.54) is 22.7 Å². The topological polar surface area (TPSA) is 72.5 Å². The Morgan fingerprint density at radius 3 is 2.65 bits per heavy atom. The summed E-state index contributed by atoms with van der Waals surface area (Å²) in [6.07, 6.45) is -0.0287. The summed E-state index contributed by atoms with van der Waals surface area (Å²) in [5.74, 6) is -1.11. The first kappa shape index (κ1) is 17.7. The lowest BCUT2D eigenvalue weighted by Crippen LogP contribution is -2.28. The number of esters is 1. The highest BCUT2D eigenvalue weighted by atomic mass is 35.5. The number of nitrogens with one attached hydrogen (secondary N) is 1. The predicted molar refractivity (Wildman–Crippen MR) is 90.0 cm³/mol. The van der Waals surface area contributed by atoms with Crippen LogP contribution in [0.2, 0.25) is 4.34 Å². The zero-order chi connectivity index (χ0) is 16.7. The molecule has 1 amide bonds. The van der Waals surface area contributed by atoms with Crippen molar-refractivity contribution in [3.63, 3.8) is 0 Å². The van der Waals surface area contributed by atoms with Gasteiger partial charge in [-0.1, -0.05) is 17.7 Å². The summed E-state index contributed by atoms with van der Waals surface area (Å²) in [6.45, 7) is 0.0644. The number of rotatable bonds is 8. The summed E-state index contributed by atoms with van der Waals surface area (Å²) >= 11 is 8.45. The summed E-state index contributed by atoms with van der Waals surface area (Å²) in [7, 11) is 0. The molecule has 0 saturated heterocycles. The van der Waals surface area contributed by atoms with Crippen molar-refractivity contribution in [3.8, 4) is 0 Å². The fourth-order valence-electron chi connectivity index (χ4n) is 1.67. The number of hydrogen-bond donors (Lipinski definition) is 1. The number of hydrogen-bond acceptors (Lipinski definition) is 6. The summed E-state index contributed by atoms with van der Waals surface area (Å²) in [6, 6.07) is 7.05. The standard InChI is InChI=1S/C15H14ClNO4S2/c16-13-5-4-12(23-13)11(18)3-6-15(20)21-9-14(19)17-8-10-2-1-7-22-10/h1-2,4-5,7H,3,6,8-9H2,(H,17,19). The van der Waals surface area contributed by atoms with Gasteiger partial charge in [0, 0.05) is 11.3 Å². The van der Waals surface area contributed by atoms with E-state index in [9.17, 15) is 14.4 Å². The molecule has 1 N–H and O–H groups in total. The second-order valence-electron chi connectivity index (χ2n) is 4.54. The van der Waals surface area contributed by atoms with Crippen LogP contribution in [0.4, 0.5) is 0 Å². The number of ether oxygens (including phenoxy) is 1. The number of Topliss-reactive ketones (excluding diaryl/α,β-unsaturated/α-hetero) is 1. The van der Waals surface area contributed by atoms with Gasteiger partial charge in [0.15, 0.2) is 12.4 Å². The number of ketones is 1. The van der Waals surface area contributed by atoms with E-state index in [2.05, 4.69) is 5.32 Å². The van der Waals surface area contributed by atoms with Crippen molar-refractivity contribution < 1.29 is 19.1 Å².